The van der Waals surface area contributed by atoms with Gasteiger partial charge in [0, 0.05) is 5.69 Å². The summed E-state index contributed by atoms with van der Waals surface area (Å²) in [7, 11) is 1.51. The molecule has 0 spiro atoms. The molecule has 1 aliphatic rings. The zero-order valence-corrected chi connectivity index (χ0v) is 12.7. The van der Waals surface area contributed by atoms with Gasteiger partial charge in [0.1, 0.15) is 11.8 Å². The van der Waals surface area contributed by atoms with Gasteiger partial charge in [-0.1, -0.05) is 18.2 Å². The van der Waals surface area contributed by atoms with Crippen molar-refractivity contribution in [1.82, 2.24) is 0 Å². The van der Waals surface area contributed by atoms with Crippen LogP contribution >= 0.6 is 0 Å². The molecule has 0 aliphatic carbocycles. The molecule has 1 aliphatic heterocycles. The summed E-state index contributed by atoms with van der Waals surface area (Å²) in [5.74, 6) is 0.171. The number of hydrogen-bond donors (Lipinski definition) is 1. The van der Waals surface area contributed by atoms with Crippen LogP contribution in [0.5, 0.6) is 5.75 Å². The van der Waals surface area contributed by atoms with Crippen molar-refractivity contribution in [3.05, 3.63) is 59.7 Å². The molecule has 24 heavy (non-hydrogen) atoms. The van der Waals surface area contributed by atoms with E-state index < -0.39 is 29.7 Å². The Morgan fingerprint density at radius 2 is 1.83 bits per heavy atom. The van der Waals surface area contributed by atoms with Crippen molar-refractivity contribution in [3.8, 4) is 5.75 Å². The number of β-lactam (4-membered cyclic amide) rings is 1. The highest BCUT2D eigenvalue weighted by atomic mass is 19.4. The minimum Gasteiger partial charge on any atom is -0.497 e. The highest BCUT2D eigenvalue weighted by Gasteiger charge is 2.47. The fourth-order valence-electron chi connectivity index (χ4n) is 2.81. The molecule has 0 aromatic heterocycles. The molecule has 2 atom stereocenters. The third-order valence-corrected chi connectivity index (χ3v) is 4.03. The van der Waals surface area contributed by atoms with E-state index in [4.69, 9.17) is 10.5 Å². The molecule has 0 radical (unpaired) electrons. The molecule has 1 heterocycles. The third-order valence-electron chi connectivity index (χ3n) is 4.03. The Labute approximate surface area is 136 Å². The summed E-state index contributed by atoms with van der Waals surface area (Å²) in [5, 5.41) is 0. The van der Waals surface area contributed by atoms with Crippen molar-refractivity contribution in [1.29, 1.82) is 0 Å². The lowest BCUT2D eigenvalue weighted by Gasteiger charge is -2.45. The van der Waals surface area contributed by atoms with Crippen LogP contribution in [-0.4, -0.2) is 19.1 Å². The topological polar surface area (TPSA) is 55.6 Å². The minimum absolute atomic E-state index is 0.171. The molecule has 0 saturated carbocycles. The SMILES string of the molecule is COc1cccc(C2C(N)C(=O)N2c2cccc(C(F)(F)F)c2)c1. The first kappa shape index (κ1) is 16.3. The molecule has 126 valence electrons. The number of halogens is 3. The predicted octanol–water partition coefficient (Wildman–Crippen LogP) is 3.13. The van der Waals surface area contributed by atoms with Crippen molar-refractivity contribution in [2.24, 2.45) is 5.73 Å². The maximum absolute atomic E-state index is 12.9. The zero-order valence-electron chi connectivity index (χ0n) is 12.7. The summed E-state index contributed by atoms with van der Waals surface area (Å²) >= 11 is 0. The molecular weight excluding hydrogens is 321 g/mol. The van der Waals surface area contributed by atoms with E-state index in [1.165, 1.54) is 24.1 Å². The van der Waals surface area contributed by atoms with Gasteiger partial charge in [-0.3, -0.25) is 4.79 Å². The quantitative estimate of drug-likeness (QED) is 0.876. The highest BCUT2D eigenvalue weighted by molar-refractivity contribution is 6.05. The molecule has 1 fully saturated rings. The summed E-state index contributed by atoms with van der Waals surface area (Å²) in [4.78, 5) is 13.4. The van der Waals surface area contributed by atoms with Gasteiger partial charge in [0.25, 0.3) is 0 Å². The van der Waals surface area contributed by atoms with Crippen molar-refractivity contribution in [2.75, 3.05) is 12.0 Å². The summed E-state index contributed by atoms with van der Waals surface area (Å²) in [6.45, 7) is 0. The molecule has 1 amide bonds. The van der Waals surface area contributed by atoms with Gasteiger partial charge in [-0.05, 0) is 35.9 Å². The monoisotopic (exact) mass is 336 g/mol. The molecule has 0 bridgehead atoms. The summed E-state index contributed by atoms with van der Waals surface area (Å²) < 4.78 is 43.9. The van der Waals surface area contributed by atoms with E-state index in [1.54, 1.807) is 24.3 Å². The number of methoxy groups -OCH3 is 1. The van der Waals surface area contributed by atoms with Crippen LogP contribution in [0.4, 0.5) is 18.9 Å². The number of carbonyl (C=O) groups is 1. The first-order valence-electron chi connectivity index (χ1n) is 7.23. The van der Waals surface area contributed by atoms with Gasteiger partial charge in [-0.25, -0.2) is 0 Å². The van der Waals surface area contributed by atoms with Crippen LogP contribution in [0.15, 0.2) is 48.5 Å². The Bertz CT molecular complexity index is 776. The van der Waals surface area contributed by atoms with Gasteiger partial charge in [0.2, 0.25) is 5.91 Å². The van der Waals surface area contributed by atoms with E-state index in [-0.39, 0.29) is 5.69 Å². The average molecular weight is 336 g/mol. The van der Waals surface area contributed by atoms with Crippen LogP contribution in [0.1, 0.15) is 17.2 Å². The van der Waals surface area contributed by atoms with Crippen molar-refractivity contribution >= 4 is 11.6 Å². The van der Waals surface area contributed by atoms with Crippen LogP contribution in [0, 0.1) is 0 Å². The standard InChI is InChI=1S/C17H15F3N2O2/c1-24-13-7-2-4-10(8-13)15-14(21)16(23)22(15)12-6-3-5-11(9-12)17(18,19)20/h2-9,14-15H,21H2,1H3. The lowest BCUT2D eigenvalue weighted by atomic mass is 9.88. The smallest absolute Gasteiger partial charge is 0.416 e. The van der Waals surface area contributed by atoms with Crippen LogP contribution in [0.3, 0.4) is 0 Å². The van der Waals surface area contributed by atoms with Crippen molar-refractivity contribution in [3.63, 3.8) is 0 Å². The fraction of sp³-hybridized carbons (Fsp3) is 0.235. The number of benzene rings is 2. The largest absolute Gasteiger partial charge is 0.497 e. The van der Waals surface area contributed by atoms with E-state index in [1.807, 2.05) is 0 Å². The lowest BCUT2D eigenvalue weighted by Crippen LogP contribution is -2.63. The Balaban J connectivity index is 1.98. The molecule has 7 heteroatoms. The first-order valence-corrected chi connectivity index (χ1v) is 7.23. The van der Waals surface area contributed by atoms with E-state index in [0.29, 0.717) is 11.3 Å². The molecule has 4 nitrogen and oxygen atoms in total. The number of nitrogens with zero attached hydrogens (tertiary/aromatic N) is 1. The number of nitrogens with two attached hydrogens (primary N) is 1. The van der Waals surface area contributed by atoms with Gasteiger partial charge in [0.15, 0.2) is 0 Å². The molecular formula is C17H15F3N2O2. The lowest BCUT2D eigenvalue weighted by molar-refractivity contribution is -0.137. The molecule has 2 aromatic rings. The molecule has 2 aromatic carbocycles. The maximum atomic E-state index is 12.9. The summed E-state index contributed by atoms with van der Waals surface area (Å²) in [5.41, 5.74) is 5.96. The Morgan fingerprint density at radius 3 is 2.50 bits per heavy atom. The zero-order chi connectivity index (χ0) is 17.5. The van der Waals surface area contributed by atoms with Crippen LogP contribution < -0.4 is 15.4 Å². The highest BCUT2D eigenvalue weighted by Crippen LogP contribution is 2.40. The van der Waals surface area contributed by atoms with E-state index in [0.717, 1.165) is 12.1 Å². The number of alkyl halides is 3. The number of amides is 1. The third kappa shape index (κ3) is 2.71. The second kappa shape index (κ2) is 5.83. The number of ether oxygens (including phenoxy) is 1. The predicted molar refractivity (Wildman–Crippen MR) is 82.6 cm³/mol. The number of hydrogen-bond acceptors (Lipinski definition) is 3. The van der Waals surface area contributed by atoms with Crippen molar-refractivity contribution in [2.45, 2.75) is 18.3 Å². The van der Waals surface area contributed by atoms with Gasteiger partial charge < -0.3 is 15.4 Å². The number of anilines is 1. The molecule has 3 rings (SSSR count). The van der Waals surface area contributed by atoms with E-state index in [2.05, 4.69) is 0 Å². The normalized spacial score (nSPS) is 20.7. The Morgan fingerprint density at radius 1 is 1.12 bits per heavy atom. The van der Waals surface area contributed by atoms with E-state index in [9.17, 15) is 18.0 Å². The van der Waals surface area contributed by atoms with Gasteiger partial charge in [-0.15, -0.1) is 0 Å². The average Bonchev–Trinajstić information content (AvgIpc) is 2.58. The minimum atomic E-state index is -4.47. The van der Waals surface area contributed by atoms with E-state index >= 15 is 0 Å². The fourth-order valence-corrected chi connectivity index (χ4v) is 2.81. The van der Waals surface area contributed by atoms with Gasteiger partial charge in [0.05, 0.1) is 18.7 Å². The Hall–Kier alpha value is -2.54. The number of rotatable bonds is 3. The van der Waals surface area contributed by atoms with Crippen LogP contribution in [0.25, 0.3) is 0 Å². The van der Waals surface area contributed by atoms with Crippen LogP contribution in [0.2, 0.25) is 0 Å². The second-order valence-electron chi connectivity index (χ2n) is 5.50. The first-order chi connectivity index (χ1) is 11.3. The molecule has 2 unspecified atom stereocenters. The molecule has 1 saturated heterocycles. The van der Waals surface area contributed by atoms with Gasteiger partial charge in [-0.2, -0.15) is 13.2 Å². The number of carbonyl (C=O) groups excluding carboxylic acids is 1. The Kier molecular flexibility index (Phi) is 3.96. The second-order valence-corrected chi connectivity index (χ2v) is 5.50. The van der Waals surface area contributed by atoms with Crippen molar-refractivity contribution < 1.29 is 22.7 Å². The summed E-state index contributed by atoms with van der Waals surface area (Å²) in [6.07, 6.45) is -4.47. The van der Waals surface area contributed by atoms with Gasteiger partial charge >= 0.3 is 6.18 Å². The summed E-state index contributed by atoms with van der Waals surface area (Å²) in [6, 6.07) is 10.3. The van der Waals surface area contributed by atoms with Crippen LogP contribution in [-0.2, 0) is 11.0 Å². The maximum Gasteiger partial charge on any atom is 0.416 e. The molecule has 2 N–H and O–H groups in total.